The summed E-state index contributed by atoms with van der Waals surface area (Å²) in [7, 11) is 0. The van der Waals surface area contributed by atoms with Crippen LogP contribution in [0.1, 0.15) is 32.1 Å². The molecule has 2 heteroatoms. The summed E-state index contributed by atoms with van der Waals surface area (Å²) in [6.45, 7) is 8.92. The standard InChI is InChI=1S/C17H23NS/c1-17(2,3)9-10-18-12-16-11-15(13-19-16)14-7-5-4-6-8-14/h4-8,11,13,18H,9-10,12H2,1-3H3. The van der Waals surface area contributed by atoms with Crippen molar-refractivity contribution in [2.75, 3.05) is 6.54 Å². The fourth-order valence-corrected chi connectivity index (χ4v) is 2.79. The minimum absolute atomic E-state index is 0.414. The lowest BCUT2D eigenvalue weighted by atomic mass is 9.92. The molecule has 0 atom stereocenters. The Morgan fingerprint density at radius 3 is 2.47 bits per heavy atom. The van der Waals surface area contributed by atoms with E-state index in [1.54, 1.807) is 0 Å². The maximum Gasteiger partial charge on any atom is 0.0299 e. The Morgan fingerprint density at radius 2 is 1.79 bits per heavy atom. The minimum Gasteiger partial charge on any atom is -0.312 e. The first-order valence-corrected chi connectivity index (χ1v) is 7.76. The van der Waals surface area contributed by atoms with E-state index in [1.165, 1.54) is 22.4 Å². The summed E-state index contributed by atoms with van der Waals surface area (Å²) in [6.07, 6.45) is 1.21. The number of hydrogen-bond donors (Lipinski definition) is 1. The molecular weight excluding hydrogens is 250 g/mol. The average molecular weight is 273 g/mol. The summed E-state index contributed by atoms with van der Waals surface area (Å²) in [4.78, 5) is 1.41. The second-order valence-electron chi connectivity index (χ2n) is 6.16. The van der Waals surface area contributed by atoms with Crippen molar-refractivity contribution in [1.29, 1.82) is 0 Å². The highest BCUT2D eigenvalue weighted by atomic mass is 32.1. The minimum atomic E-state index is 0.414. The van der Waals surface area contributed by atoms with Gasteiger partial charge in [0.2, 0.25) is 0 Å². The summed E-state index contributed by atoms with van der Waals surface area (Å²) in [5.41, 5.74) is 3.05. The highest BCUT2D eigenvalue weighted by molar-refractivity contribution is 7.10. The molecule has 0 radical (unpaired) electrons. The van der Waals surface area contributed by atoms with Crippen LogP contribution in [-0.4, -0.2) is 6.54 Å². The van der Waals surface area contributed by atoms with Crippen LogP contribution < -0.4 is 5.32 Å². The number of benzene rings is 1. The molecule has 2 aromatic rings. The van der Waals surface area contributed by atoms with Gasteiger partial charge in [-0.1, -0.05) is 51.1 Å². The van der Waals surface area contributed by atoms with E-state index in [2.05, 4.69) is 67.9 Å². The Balaban J connectivity index is 1.85. The summed E-state index contributed by atoms with van der Waals surface area (Å²) in [5, 5.41) is 5.78. The van der Waals surface area contributed by atoms with Crippen LogP contribution >= 0.6 is 11.3 Å². The van der Waals surface area contributed by atoms with Gasteiger partial charge in [0, 0.05) is 11.4 Å². The molecule has 1 aromatic carbocycles. The van der Waals surface area contributed by atoms with E-state index in [4.69, 9.17) is 0 Å². The molecule has 1 N–H and O–H groups in total. The lowest BCUT2D eigenvalue weighted by molar-refractivity contribution is 0.367. The molecule has 0 saturated carbocycles. The van der Waals surface area contributed by atoms with E-state index in [-0.39, 0.29) is 0 Å². The first-order valence-electron chi connectivity index (χ1n) is 6.88. The van der Waals surface area contributed by atoms with Crippen LogP contribution in [-0.2, 0) is 6.54 Å². The lowest BCUT2D eigenvalue weighted by Gasteiger charge is -2.17. The van der Waals surface area contributed by atoms with Gasteiger partial charge < -0.3 is 5.32 Å². The summed E-state index contributed by atoms with van der Waals surface area (Å²) in [5.74, 6) is 0. The molecule has 1 nitrogen and oxygen atoms in total. The van der Waals surface area contributed by atoms with Crippen LogP contribution in [0.4, 0.5) is 0 Å². The molecule has 0 aliphatic heterocycles. The first-order chi connectivity index (χ1) is 9.04. The zero-order valence-electron chi connectivity index (χ0n) is 12.1. The Kier molecular flexibility index (Phi) is 4.78. The highest BCUT2D eigenvalue weighted by Gasteiger charge is 2.09. The first kappa shape index (κ1) is 14.3. The highest BCUT2D eigenvalue weighted by Crippen LogP contribution is 2.25. The second kappa shape index (κ2) is 6.36. The van der Waals surface area contributed by atoms with Gasteiger partial charge in [0.15, 0.2) is 0 Å². The van der Waals surface area contributed by atoms with Crippen LogP contribution in [0.2, 0.25) is 0 Å². The third kappa shape index (κ3) is 4.81. The van der Waals surface area contributed by atoms with Crippen molar-refractivity contribution in [2.45, 2.75) is 33.7 Å². The predicted octanol–water partition coefficient (Wildman–Crippen LogP) is 4.94. The molecule has 0 spiro atoms. The molecule has 0 bridgehead atoms. The van der Waals surface area contributed by atoms with Crippen molar-refractivity contribution < 1.29 is 0 Å². The molecule has 19 heavy (non-hydrogen) atoms. The average Bonchev–Trinajstić information content (AvgIpc) is 2.83. The molecule has 1 heterocycles. The Hall–Kier alpha value is -1.12. The Morgan fingerprint density at radius 1 is 1.05 bits per heavy atom. The van der Waals surface area contributed by atoms with Gasteiger partial charge in [-0.2, -0.15) is 0 Å². The number of hydrogen-bond acceptors (Lipinski definition) is 2. The van der Waals surface area contributed by atoms with E-state index < -0.39 is 0 Å². The SMILES string of the molecule is CC(C)(C)CCNCc1cc(-c2ccccc2)cs1. The molecule has 0 aliphatic carbocycles. The van der Waals surface area contributed by atoms with E-state index >= 15 is 0 Å². The van der Waals surface area contributed by atoms with Crippen molar-refractivity contribution in [1.82, 2.24) is 5.32 Å². The van der Waals surface area contributed by atoms with Gasteiger partial charge in [-0.05, 0) is 41.0 Å². The topological polar surface area (TPSA) is 12.0 Å². The zero-order valence-corrected chi connectivity index (χ0v) is 12.9. The van der Waals surface area contributed by atoms with Gasteiger partial charge in [-0.3, -0.25) is 0 Å². The van der Waals surface area contributed by atoms with Crippen LogP contribution in [0.5, 0.6) is 0 Å². The fraction of sp³-hybridized carbons (Fsp3) is 0.412. The molecule has 0 amide bonds. The van der Waals surface area contributed by atoms with E-state index in [9.17, 15) is 0 Å². The molecule has 0 unspecified atom stereocenters. The Bertz CT molecular complexity index is 493. The molecule has 102 valence electrons. The van der Waals surface area contributed by atoms with Gasteiger partial charge in [0.25, 0.3) is 0 Å². The number of rotatable bonds is 5. The third-order valence-electron chi connectivity index (χ3n) is 3.11. The van der Waals surface area contributed by atoms with Gasteiger partial charge in [-0.15, -0.1) is 11.3 Å². The zero-order chi connectivity index (χ0) is 13.7. The van der Waals surface area contributed by atoms with Crippen LogP contribution in [0.3, 0.4) is 0 Å². The van der Waals surface area contributed by atoms with Gasteiger partial charge in [0.05, 0.1) is 0 Å². The summed E-state index contributed by atoms with van der Waals surface area (Å²) in [6, 6.07) is 12.9. The van der Waals surface area contributed by atoms with Crippen LogP contribution in [0.25, 0.3) is 11.1 Å². The molecule has 0 saturated heterocycles. The monoisotopic (exact) mass is 273 g/mol. The largest absolute Gasteiger partial charge is 0.312 e. The van der Waals surface area contributed by atoms with Gasteiger partial charge in [0.1, 0.15) is 0 Å². The van der Waals surface area contributed by atoms with Crippen molar-refractivity contribution >= 4 is 11.3 Å². The molecule has 1 aromatic heterocycles. The molecule has 2 rings (SSSR count). The van der Waals surface area contributed by atoms with Crippen molar-refractivity contribution in [3.05, 3.63) is 46.7 Å². The maximum absolute atomic E-state index is 3.53. The maximum atomic E-state index is 3.53. The number of nitrogens with one attached hydrogen (secondary N) is 1. The Labute approximate surface area is 120 Å². The number of thiophene rings is 1. The predicted molar refractivity (Wildman–Crippen MR) is 85.5 cm³/mol. The molecular formula is C17H23NS. The summed E-state index contributed by atoms with van der Waals surface area (Å²) < 4.78 is 0. The second-order valence-corrected chi connectivity index (χ2v) is 7.15. The van der Waals surface area contributed by atoms with Crippen molar-refractivity contribution in [2.24, 2.45) is 5.41 Å². The summed E-state index contributed by atoms with van der Waals surface area (Å²) >= 11 is 1.84. The quantitative estimate of drug-likeness (QED) is 0.761. The van der Waals surface area contributed by atoms with Crippen molar-refractivity contribution in [3.63, 3.8) is 0 Å². The molecule has 0 fully saturated rings. The smallest absolute Gasteiger partial charge is 0.0299 e. The fourth-order valence-electron chi connectivity index (χ4n) is 1.93. The van der Waals surface area contributed by atoms with Crippen LogP contribution in [0.15, 0.2) is 41.8 Å². The normalized spacial score (nSPS) is 11.7. The van der Waals surface area contributed by atoms with E-state index in [0.717, 1.165) is 13.1 Å². The molecule has 0 aliphatic rings. The van der Waals surface area contributed by atoms with Gasteiger partial charge >= 0.3 is 0 Å². The lowest BCUT2D eigenvalue weighted by Crippen LogP contribution is -2.19. The third-order valence-corrected chi connectivity index (χ3v) is 4.05. The van der Waals surface area contributed by atoms with Gasteiger partial charge in [-0.25, -0.2) is 0 Å². The van der Waals surface area contributed by atoms with E-state index in [0.29, 0.717) is 5.41 Å². The van der Waals surface area contributed by atoms with Crippen LogP contribution in [0, 0.1) is 5.41 Å². The van der Waals surface area contributed by atoms with Crippen molar-refractivity contribution in [3.8, 4) is 11.1 Å². The van der Waals surface area contributed by atoms with E-state index in [1.807, 2.05) is 11.3 Å².